The second-order valence-corrected chi connectivity index (χ2v) is 6.88. The summed E-state index contributed by atoms with van der Waals surface area (Å²) < 4.78 is 0. The van der Waals surface area contributed by atoms with Crippen LogP contribution in [0.3, 0.4) is 0 Å². The van der Waals surface area contributed by atoms with E-state index < -0.39 is 0 Å². The molecule has 1 aliphatic heterocycles. The maximum atomic E-state index is 12.5. The van der Waals surface area contributed by atoms with Crippen LogP contribution in [-0.4, -0.2) is 35.4 Å². The van der Waals surface area contributed by atoms with E-state index in [0.717, 1.165) is 31.6 Å². The van der Waals surface area contributed by atoms with E-state index >= 15 is 0 Å². The largest absolute Gasteiger partial charge is 0.334 e. The van der Waals surface area contributed by atoms with Crippen LogP contribution in [0.15, 0.2) is 11.4 Å². The van der Waals surface area contributed by atoms with Crippen LogP contribution in [0.5, 0.6) is 0 Å². The number of carbonyl (C=O) groups is 1. The molecule has 0 bridgehead atoms. The third-order valence-electron chi connectivity index (χ3n) is 3.71. The van der Waals surface area contributed by atoms with Gasteiger partial charge in [0.2, 0.25) is 5.91 Å². The lowest BCUT2D eigenvalue weighted by Crippen LogP contribution is -2.48. The highest BCUT2D eigenvalue weighted by Gasteiger charge is 2.32. The summed E-state index contributed by atoms with van der Waals surface area (Å²) in [6.07, 6.45) is 4.75. The smallest absolute Gasteiger partial charge is 0.240 e. The van der Waals surface area contributed by atoms with Crippen LogP contribution in [0.2, 0.25) is 0 Å². The first-order valence-electron chi connectivity index (χ1n) is 6.80. The minimum atomic E-state index is -0.346. The summed E-state index contributed by atoms with van der Waals surface area (Å²) >= 11 is 3.55. The molecule has 0 radical (unpaired) electrons. The third kappa shape index (κ3) is 3.15. The van der Waals surface area contributed by atoms with Crippen LogP contribution in [-0.2, 0) is 11.2 Å². The number of nitrogens with two attached hydrogens (primary N) is 1. The molecule has 3 nitrogen and oxygen atoms in total. The normalized spacial score (nSPS) is 20.2. The third-order valence-corrected chi connectivity index (χ3v) is 5.36. The van der Waals surface area contributed by atoms with Crippen LogP contribution < -0.4 is 5.73 Å². The molecule has 1 aliphatic rings. The molecule has 1 aromatic heterocycles. The molecule has 1 aromatic rings. The molecule has 19 heavy (non-hydrogen) atoms. The summed E-state index contributed by atoms with van der Waals surface area (Å²) in [6.45, 7) is 2.96. The Morgan fingerprint density at radius 1 is 1.68 bits per heavy atom. The number of carbonyl (C=O) groups excluding carboxylic acids is 1. The monoisotopic (exact) mass is 298 g/mol. The van der Waals surface area contributed by atoms with Crippen molar-refractivity contribution in [1.29, 1.82) is 0 Å². The SMILES string of the molecule is CCC1c2ccsc2CCN1C(=O)[C@@H](N)CCSC. The van der Waals surface area contributed by atoms with Gasteiger partial charge in [0.1, 0.15) is 0 Å². The van der Waals surface area contributed by atoms with Crippen LogP contribution in [0.4, 0.5) is 0 Å². The van der Waals surface area contributed by atoms with Crippen molar-refractivity contribution < 1.29 is 4.79 Å². The van der Waals surface area contributed by atoms with E-state index in [1.54, 1.807) is 11.8 Å². The minimum absolute atomic E-state index is 0.123. The zero-order valence-corrected chi connectivity index (χ0v) is 13.2. The van der Waals surface area contributed by atoms with Crippen LogP contribution in [0.1, 0.15) is 36.2 Å². The first-order valence-corrected chi connectivity index (χ1v) is 9.07. The van der Waals surface area contributed by atoms with Crippen LogP contribution >= 0.6 is 23.1 Å². The Balaban J connectivity index is 2.10. The lowest BCUT2D eigenvalue weighted by molar-refractivity contribution is -0.135. The van der Waals surface area contributed by atoms with Gasteiger partial charge >= 0.3 is 0 Å². The molecule has 1 amide bonds. The number of thiophene rings is 1. The van der Waals surface area contributed by atoms with E-state index in [0.29, 0.717) is 0 Å². The zero-order chi connectivity index (χ0) is 13.8. The average Bonchev–Trinajstić information content (AvgIpc) is 2.91. The minimum Gasteiger partial charge on any atom is -0.334 e. The molecular formula is C14H22N2OS2. The van der Waals surface area contributed by atoms with Gasteiger partial charge in [-0.05, 0) is 48.3 Å². The molecule has 0 saturated carbocycles. The van der Waals surface area contributed by atoms with Gasteiger partial charge in [0.05, 0.1) is 12.1 Å². The highest BCUT2D eigenvalue weighted by Crippen LogP contribution is 2.35. The number of fused-ring (bicyclic) bond motifs is 1. The average molecular weight is 298 g/mol. The van der Waals surface area contributed by atoms with Gasteiger partial charge in [-0.3, -0.25) is 4.79 Å². The maximum absolute atomic E-state index is 12.5. The highest BCUT2D eigenvalue weighted by atomic mass is 32.2. The maximum Gasteiger partial charge on any atom is 0.240 e. The van der Waals surface area contributed by atoms with Crippen LogP contribution in [0, 0.1) is 0 Å². The molecule has 1 unspecified atom stereocenters. The lowest BCUT2D eigenvalue weighted by atomic mass is 9.96. The molecule has 0 fully saturated rings. The molecule has 0 aromatic carbocycles. The van der Waals surface area contributed by atoms with Gasteiger partial charge in [0.25, 0.3) is 0 Å². The summed E-state index contributed by atoms with van der Waals surface area (Å²) in [5.41, 5.74) is 7.38. The van der Waals surface area contributed by atoms with Crippen molar-refractivity contribution in [2.45, 2.75) is 38.3 Å². The zero-order valence-electron chi connectivity index (χ0n) is 11.6. The number of thioether (sulfide) groups is 1. The summed E-state index contributed by atoms with van der Waals surface area (Å²) in [7, 11) is 0. The van der Waals surface area contributed by atoms with Crippen molar-refractivity contribution in [2.75, 3.05) is 18.6 Å². The molecule has 0 saturated heterocycles. The molecule has 2 atom stereocenters. The Morgan fingerprint density at radius 2 is 2.47 bits per heavy atom. The molecular weight excluding hydrogens is 276 g/mol. The van der Waals surface area contributed by atoms with E-state index in [4.69, 9.17) is 5.73 Å². The van der Waals surface area contributed by atoms with E-state index in [1.165, 1.54) is 10.4 Å². The van der Waals surface area contributed by atoms with E-state index in [9.17, 15) is 4.79 Å². The number of hydrogen-bond acceptors (Lipinski definition) is 4. The van der Waals surface area contributed by atoms with Gasteiger partial charge < -0.3 is 10.6 Å². The van der Waals surface area contributed by atoms with E-state index in [2.05, 4.69) is 18.4 Å². The molecule has 2 rings (SSSR count). The van der Waals surface area contributed by atoms with Gasteiger partial charge in [0, 0.05) is 11.4 Å². The molecule has 5 heteroatoms. The van der Waals surface area contributed by atoms with Crippen molar-refractivity contribution in [3.05, 3.63) is 21.9 Å². The van der Waals surface area contributed by atoms with Gasteiger partial charge in [-0.25, -0.2) is 0 Å². The summed E-state index contributed by atoms with van der Waals surface area (Å²) in [5, 5.41) is 2.13. The first kappa shape index (κ1) is 14.9. The Labute approximate surface area is 123 Å². The molecule has 0 aliphatic carbocycles. The van der Waals surface area contributed by atoms with Gasteiger partial charge in [-0.1, -0.05) is 6.92 Å². The van der Waals surface area contributed by atoms with Gasteiger partial charge in [0.15, 0.2) is 0 Å². The first-order chi connectivity index (χ1) is 9.19. The Morgan fingerprint density at radius 3 is 3.16 bits per heavy atom. The van der Waals surface area contributed by atoms with Crippen LogP contribution in [0.25, 0.3) is 0 Å². The molecule has 2 N–H and O–H groups in total. The Hall–Kier alpha value is -0.520. The van der Waals surface area contributed by atoms with Crippen molar-refractivity contribution >= 4 is 29.0 Å². The fraction of sp³-hybridized carbons (Fsp3) is 0.643. The molecule has 0 spiro atoms. The summed E-state index contributed by atoms with van der Waals surface area (Å²) in [5.74, 6) is 1.07. The van der Waals surface area contributed by atoms with Gasteiger partial charge in [-0.15, -0.1) is 11.3 Å². The lowest BCUT2D eigenvalue weighted by Gasteiger charge is -2.37. The topological polar surface area (TPSA) is 46.3 Å². The fourth-order valence-electron chi connectivity index (χ4n) is 2.68. The standard InChI is InChI=1S/C14H22N2OS2/c1-3-12-10-5-9-19-13(10)4-7-16(12)14(17)11(15)6-8-18-2/h5,9,11-12H,3-4,6-8,15H2,1-2H3/t11-,12?/m0/s1. The van der Waals surface area contributed by atoms with Crippen molar-refractivity contribution in [2.24, 2.45) is 5.73 Å². The quantitative estimate of drug-likeness (QED) is 0.909. The number of hydrogen-bond donors (Lipinski definition) is 1. The predicted molar refractivity (Wildman–Crippen MR) is 83.7 cm³/mol. The predicted octanol–water partition coefficient (Wildman–Crippen LogP) is 2.66. The van der Waals surface area contributed by atoms with E-state index in [-0.39, 0.29) is 18.0 Å². The molecule has 106 valence electrons. The highest BCUT2D eigenvalue weighted by molar-refractivity contribution is 7.98. The van der Waals surface area contributed by atoms with Crippen molar-refractivity contribution in [3.8, 4) is 0 Å². The van der Waals surface area contributed by atoms with E-state index in [1.807, 2.05) is 22.5 Å². The second-order valence-electron chi connectivity index (χ2n) is 4.89. The summed E-state index contributed by atoms with van der Waals surface area (Å²) in [4.78, 5) is 15.9. The molecule has 2 heterocycles. The van der Waals surface area contributed by atoms with Gasteiger partial charge in [-0.2, -0.15) is 11.8 Å². The Kier molecular flexibility index (Phi) is 5.30. The van der Waals surface area contributed by atoms with Crippen molar-refractivity contribution in [1.82, 2.24) is 4.90 Å². The number of rotatable bonds is 5. The number of amides is 1. The Bertz CT molecular complexity index is 433. The fourth-order valence-corrected chi connectivity index (χ4v) is 4.10. The van der Waals surface area contributed by atoms with Crippen molar-refractivity contribution in [3.63, 3.8) is 0 Å². The second kappa shape index (κ2) is 6.77. The summed E-state index contributed by atoms with van der Waals surface area (Å²) in [6, 6.07) is 2.05. The number of nitrogens with zero attached hydrogens (tertiary/aromatic N) is 1.